The van der Waals surface area contributed by atoms with Crippen molar-refractivity contribution in [3.8, 4) is 0 Å². The number of fused-ring (bicyclic) bond motifs is 1. The van der Waals surface area contributed by atoms with E-state index in [0.29, 0.717) is 12.3 Å². The maximum Gasteiger partial charge on any atom is 0.293 e. The Labute approximate surface area is 141 Å². The summed E-state index contributed by atoms with van der Waals surface area (Å²) in [5.41, 5.74) is 2.68. The summed E-state index contributed by atoms with van der Waals surface area (Å²) in [5, 5.41) is 2.97. The van der Waals surface area contributed by atoms with Crippen molar-refractivity contribution in [2.45, 2.75) is 33.1 Å². The molecule has 126 valence electrons. The number of nitrogens with zero attached hydrogens (tertiary/aromatic N) is 1. The van der Waals surface area contributed by atoms with Gasteiger partial charge >= 0.3 is 0 Å². The topological polar surface area (TPSA) is 62.6 Å². The third-order valence-corrected chi connectivity index (χ3v) is 4.58. The molecule has 2 heterocycles. The second kappa shape index (κ2) is 6.91. The SMILES string of the molecule is CCC(CC)C(=O)Nc1ccc2c(c1)N(C(=O)c1ccco1)CC2. The van der Waals surface area contributed by atoms with Crippen LogP contribution in [0.3, 0.4) is 0 Å². The molecule has 0 fully saturated rings. The van der Waals surface area contributed by atoms with E-state index in [-0.39, 0.29) is 17.7 Å². The number of benzene rings is 1. The van der Waals surface area contributed by atoms with Crippen LogP contribution in [0.15, 0.2) is 41.0 Å². The molecule has 5 nitrogen and oxygen atoms in total. The lowest BCUT2D eigenvalue weighted by Crippen LogP contribution is -2.28. The zero-order valence-electron chi connectivity index (χ0n) is 14.0. The average molecular weight is 326 g/mol. The fourth-order valence-electron chi connectivity index (χ4n) is 3.10. The van der Waals surface area contributed by atoms with Crippen LogP contribution in [0.2, 0.25) is 0 Å². The first-order valence-electron chi connectivity index (χ1n) is 8.43. The minimum absolute atomic E-state index is 0.0131. The van der Waals surface area contributed by atoms with Crippen LogP contribution in [0.5, 0.6) is 0 Å². The van der Waals surface area contributed by atoms with E-state index >= 15 is 0 Å². The van der Waals surface area contributed by atoms with Crippen molar-refractivity contribution in [3.05, 3.63) is 47.9 Å². The van der Waals surface area contributed by atoms with Crippen LogP contribution in [0.4, 0.5) is 11.4 Å². The summed E-state index contributed by atoms with van der Waals surface area (Å²) in [6, 6.07) is 9.13. The minimum Gasteiger partial charge on any atom is -0.459 e. The molecule has 0 radical (unpaired) electrons. The van der Waals surface area contributed by atoms with Gasteiger partial charge in [-0.25, -0.2) is 0 Å². The molecular weight excluding hydrogens is 304 g/mol. The fraction of sp³-hybridized carbons (Fsp3) is 0.368. The highest BCUT2D eigenvalue weighted by Gasteiger charge is 2.27. The third-order valence-electron chi connectivity index (χ3n) is 4.58. The normalized spacial score (nSPS) is 13.2. The summed E-state index contributed by atoms with van der Waals surface area (Å²) < 4.78 is 5.22. The summed E-state index contributed by atoms with van der Waals surface area (Å²) in [7, 11) is 0. The third kappa shape index (κ3) is 3.07. The molecule has 0 aliphatic carbocycles. The summed E-state index contributed by atoms with van der Waals surface area (Å²) in [5.74, 6) is 0.220. The molecule has 0 atom stereocenters. The molecule has 1 N–H and O–H groups in total. The van der Waals surface area contributed by atoms with Crippen LogP contribution < -0.4 is 10.2 Å². The molecule has 2 aromatic rings. The van der Waals surface area contributed by atoms with Gasteiger partial charge in [-0.05, 0) is 49.1 Å². The van der Waals surface area contributed by atoms with Crippen LogP contribution in [-0.4, -0.2) is 18.4 Å². The molecule has 0 spiro atoms. The molecule has 3 rings (SSSR count). The Morgan fingerprint density at radius 1 is 1.25 bits per heavy atom. The highest BCUT2D eigenvalue weighted by atomic mass is 16.3. The monoisotopic (exact) mass is 326 g/mol. The number of carbonyl (C=O) groups is 2. The highest BCUT2D eigenvalue weighted by Crippen LogP contribution is 2.32. The molecule has 1 aromatic heterocycles. The van der Waals surface area contributed by atoms with E-state index in [1.807, 2.05) is 32.0 Å². The molecule has 1 aliphatic heterocycles. The minimum atomic E-state index is -0.151. The number of furan rings is 1. The molecule has 0 saturated carbocycles. The van der Waals surface area contributed by atoms with E-state index in [9.17, 15) is 9.59 Å². The van der Waals surface area contributed by atoms with E-state index in [2.05, 4.69) is 5.32 Å². The number of amides is 2. The van der Waals surface area contributed by atoms with Crippen LogP contribution >= 0.6 is 0 Å². The highest BCUT2D eigenvalue weighted by molar-refractivity contribution is 6.06. The van der Waals surface area contributed by atoms with Gasteiger partial charge in [-0.1, -0.05) is 19.9 Å². The van der Waals surface area contributed by atoms with Crippen molar-refractivity contribution in [3.63, 3.8) is 0 Å². The maximum absolute atomic E-state index is 12.5. The van der Waals surface area contributed by atoms with Gasteiger partial charge in [-0.15, -0.1) is 0 Å². The summed E-state index contributed by atoms with van der Waals surface area (Å²) in [6.45, 7) is 4.65. The lowest BCUT2D eigenvalue weighted by Gasteiger charge is -2.18. The smallest absolute Gasteiger partial charge is 0.293 e. The number of nitrogens with one attached hydrogen (secondary N) is 1. The summed E-state index contributed by atoms with van der Waals surface area (Å²) >= 11 is 0. The van der Waals surface area contributed by atoms with E-state index in [4.69, 9.17) is 4.42 Å². The number of anilines is 2. The Kier molecular flexibility index (Phi) is 4.69. The first kappa shape index (κ1) is 16.3. The Bertz CT molecular complexity index is 733. The number of hydrogen-bond donors (Lipinski definition) is 1. The Balaban J connectivity index is 1.81. The largest absolute Gasteiger partial charge is 0.459 e. The van der Waals surface area contributed by atoms with Crippen molar-refractivity contribution >= 4 is 23.2 Å². The van der Waals surface area contributed by atoms with Crippen LogP contribution in [0.25, 0.3) is 0 Å². The first-order valence-corrected chi connectivity index (χ1v) is 8.43. The van der Waals surface area contributed by atoms with Gasteiger partial charge in [0.15, 0.2) is 5.76 Å². The second-order valence-corrected chi connectivity index (χ2v) is 6.03. The van der Waals surface area contributed by atoms with E-state index in [0.717, 1.165) is 36.2 Å². The number of carbonyl (C=O) groups excluding carboxylic acids is 2. The predicted octanol–water partition coefficient (Wildman–Crippen LogP) is 3.86. The molecule has 0 bridgehead atoms. The first-order chi connectivity index (χ1) is 11.6. The molecule has 1 aromatic carbocycles. The van der Waals surface area contributed by atoms with Crippen molar-refractivity contribution in [2.75, 3.05) is 16.8 Å². The standard InChI is InChI=1S/C19H22N2O3/c1-3-13(4-2)18(22)20-15-8-7-14-9-10-21(16(14)12-15)19(23)17-6-5-11-24-17/h5-8,11-13H,3-4,9-10H2,1-2H3,(H,20,22). The van der Waals surface area contributed by atoms with Crippen molar-refractivity contribution < 1.29 is 14.0 Å². The Hall–Kier alpha value is -2.56. The zero-order chi connectivity index (χ0) is 17.1. The van der Waals surface area contributed by atoms with Crippen LogP contribution in [0.1, 0.15) is 42.8 Å². The van der Waals surface area contributed by atoms with Gasteiger partial charge in [0.2, 0.25) is 5.91 Å². The van der Waals surface area contributed by atoms with Crippen molar-refractivity contribution in [2.24, 2.45) is 5.92 Å². The molecule has 5 heteroatoms. The van der Waals surface area contributed by atoms with Crippen molar-refractivity contribution in [1.82, 2.24) is 0 Å². The molecule has 24 heavy (non-hydrogen) atoms. The zero-order valence-corrected chi connectivity index (χ0v) is 14.0. The quantitative estimate of drug-likeness (QED) is 0.907. The van der Waals surface area contributed by atoms with Gasteiger partial charge in [0.1, 0.15) is 0 Å². The van der Waals surface area contributed by atoms with Gasteiger partial charge in [0.25, 0.3) is 5.91 Å². The number of hydrogen-bond acceptors (Lipinski definition) is 3. The van der Waals surface area contributed by atoms with E-state index < -0.39 is 0 Å². The molecular formula is C19H22N2O3. The van der Waals surface area contributed by atoms with Gasteiger partial charge in [-0.3, -0.25) is 9.59 Å². The van der Waals surface area contributed by atoms with Gasteiger partial charge in [-0.2, -0.15) is 0 Å². The average Bonchev–Trinajstić information content (AvgIpc) is 3.25. The fourth-order valence-corrected chi connectivity index (χ4v) is 3.10. The maximum atomic E-state index is 12.5. The van der Waals surface area contributed by atoms with Gasteiger partial charge < -0.3 is 14.6 Å². The lowest BCUT2D eigenvalue weighted by molar-refractivity contribution is -0.120. The lowest BCUT2D eigenvalue weighted by atomic mass is 10.0. The Morgan fingerprint density at radius 3 is 2.71 bits per heavy atom. The summed E-state index contributed by atoms with van der Waals surface area (Å²) in [6.07, 6.45) is 3.94. The Morgan fingerprint density at radius 2 is 2.04 bits per heavy atom. The van der Waals surface area contributed by atoms with Gasteiger partial charge in [0, 0.05) is 23.8 Å². The predicted molar refractivity (Wildman–Crippen MR) is 93.2 cm³/mol. The van der Waals surface area contributed by atoms with E-state index in [1.54, 1.807) is 17.0 Å². The summed E-state index contributed by atoms with van der Waals surface area (Å²) in [4.78, 5) is 26.5. The molecule has 0 saturated heterocycles. The number of rotatable bonds is 5. The van der Waals surface area contributed by atoms with Crippen LogP contribution in [-0.2, 0) is 11.2 Å². The second-order valence-electron chi connectivity index (χ2n) is 6.03. The van der Waals surface area contributed by atoms with Crippen molar-refractivity contribution in [1.29, 1.82) is 0 Å². The van der Waals surface area contributed by atoms with E-state index in [1.165, 1.54) is 6.26 Å². The van der Waals surface area contributed by atoms with Crippen LogP contribution in [0, 0.1) is 5.92 Å². The molecule has 2 amide bonds. The molecule has 0 unspecified atom stereocenters. The van der Waals surface area contributed by atoms with Gasteiger partial charge in [0.05, 0.1) is 6.26 Å². The molecule has 1 aliphatic rings.